The van der Waals surface area contributed by atoms with Gasteiger partial charge in [0.1, 0.15) is 0 Å². The van der Waals surface area contributed by atoms with E-state index in [4.69, 9.17) is 4.74 Å². The number of hydrogen-bond acceptors (Lipinski definition) is 2. The van der Waals surface area contributed by atoms with Gasteiger partial charge >= 0.3 is 5.97 Å². The summed E-state index contributed by atoms with van der Waals surface area (Å²) in [5.74, 6) is 0.366. The van der Waals surface area contributed by atoms with Gasteiger partial charge in [0.05, 0.1) is 6.61 Å². The zero-order valence-electron chi connectivity index (χ0n) is 13.2. The van der Waals surface area contributed by atoms with Gasteiger partial charge in [-0.2, -0.15) is 0 Å². The number of carbonyl (C=O) groups excluding carboxylic acids is 1. The Hall–Kier alpha value is -1.31. The zero-order valence-corrected chi connectivity index (χ0v) is 13.2. The van der Waals surface area contributed by atoms with Gasteiger partial charge in [-0.1, -0.05) is 30.2 Å². The average Bonchev–Trinajstić information content (AvgIpc) is 2.33. The highest BCUT2D eigenvalue weighted by atomic mass is 16.5. The highest BCUT2D eigenvalue weighted by Crippen LogP contribution is 2.15. The third-order valence-corrected chi connectivity index (χ3v) is 3.00. The standard InChI is InChI=1S/C17H28O2/c1-7-19-17(18)12-16(6)15(5)11-10-14(4)9-8-13(2)3/h8,11-12,14H,7,9-10H2,1-6H3/b15-11+,16-12+. The van der Waals surface area contributed by atoms with Crippen LogP contribution in [0.1, 0.15) is 54.4 Å². The third kappa shape index (κ3) is 9.29. The molecule has 0 aromatic heterocycles. The second-order valence-electron chi connectivity index (χ2n) is 5.32. The average molecular weight is 264 g/mol. The monoisotopic (exact) mass is 264 g/mol. The number of esters is 1. The molecule has 108 valence electrons. The number of hydrogen-bond donors (Lipinski definition) is 0. The van der Waals surface area contributed by atoms with E-state index >= 15 is 0 Å². The smallest absolute Gasteiger partial charge is 0.331 e. The molecule has 19 heavy (non-hydrogen) atoms. The van der Waals surface area contributed by atoms with E-state index in [-0.39, 0.29) is 5.97 Å². The van der Waals surface area contributed by atoms with Crippen molar-refractivity contribution in [2.45, 2.75) is 54.4 Å². The summed E-state index contributed by atoms with van der Waals surface area (Å²) in [5, 5.41) is 0. The maximum absolute atomic E-state index is 11.3. The molecule has 0 aromatic rings. The quantitative estimate of drug-likeness (QED) is 0.285. The van der Waals surface area contributed by atoms with E-state index in [0.717, 1.165) is 24.0 Å². The van der Waals surface area contributed by atoms with Crippen molar-refractivity contribution in [1.29, 1.82) is 0 Å². The molecule has 0 rings (SSSR count). The van der Waals surface area contributed by atoms with Crippen LogP contribution < -0.4 is 0 Å². The normalized spacial score (nSPS) is 14.0. The van der Waals surface area contributed by atoms with Gasteiger partial charge in [-0.3, -0.25) is 0 Å². The molecule has 0 aliphatic rings. The molecule has 0 N–H and O–H groups in total. The molecule has 1 atom stereocenters. The Bertz CT molecular complexity index is 369. The molecule has 0 saturated heterocycles. The fraction of sp³-hybridized carbons (Fsp3) is 0.588. The van der Waals surface area contributed by atoms with E-state index in [9.17, 15) is 4.79 Å². The SMILES string of the molecule is CCOC(=O)/C=C(C)/C(C)=C/CC(C)CC=C(C)C. The van der Waals surface area contributed by atoms with Gasteiger partial charge in [0.15, 0.2) is 0 Å². The first-order valence-corrected chi connectivity index (χ1v) is 7.02. The lowest BCUT2D eigenvalue weighted by Crippen LogP contribution is -2.01. The fourth-order valence-electron chi connectivity index (χ4n) is 1.55. The van der Waals surface area contributed by atoms with E-state index < -0.39 is 0 Å². The van der Waals surface area contributed by atoms with Crippen LogP contribution >= 0.6 is 0 Å². The summed E-state index contributed by atoms with van der Waals surface area (Å²) in [6.07, 6.45) is 8.18. The lowest BCUT2D eigenvalue weighted by Gasteiger charge is -2.07. The minimum absolute atomic E-state index is 0.259. The van der Waals surface area contributed by atoms with Gasteiger partial charge in [0.25, 0.3) is 0 Å². The highest BCUT2D eigenvalue weighted by molar-refractivity contribution is 5.83. The van der Waals surface area contributed by atoms with Crippen LogP contribution in [0.2, 0.25) is 0 Å². The lowest BCUT2D eigenvalue weighted by molar-refractivity contribution is -0.137. The molecule has 0 radical (unpaired) electrons. The van der Waals surface area contributed by atoms with Crippen LogP contribution in [-0.2, 0) is 9.53 Å². The van der Waals surface area contributed by atoms with E-state index in [1.54, 1.807) is 6.08 Å². The first-order chi connectivity index (χ1) is 8.86. The summed E-state index contributed by atoms with van der Waals surface area (Å²) in [6.45, 7) is 12.7. The molecule has 0 heterocycles. The number of carbonyl (C=O) groups is 1. The molecule has 1 unspecified atom stereocenters. The first kappa shape index (κ1) is 17.7. The van der Waals surface area contributed by atoms with Crippen molar-refractivity contribution in [1.82, 2.24) is 0 Å². The van der Waals surface area contributed by atoms with Gasteiger partial charge in [0, 0.05) is 6.08 Å². The van der Waals surface area contributed by atoms with Crippen molar-refractivity contribution in [3.05, 3.63) is 34.9 Å². The minimum atomic E-state index is -0.259. The Labute approximate surface area is 118 Å². The maximum Gasteiger partial charge on any atom is 0.331 e. The van der Waals surface area contributed by atoms with Crippen LogP contribution in [0.3, 0.4) is 0 Å². The summed E-state index contributed by atoms with van der Waals surface area (Å²) in [7, 11) is 0. The molecule has 2 heteroatoms. The lowest BCUT2D eigenvalue weighted by atomic mass is 9.99. The molecule has 0 fully saturated rings. The summed E-state index contributed by atoms with van der Waals surface area (Å²) in [6, 6.07) is 0. The Morgan fingerprint density at radius 3 is 2.16 bits per heavy atom. The topological polar surface area (TPSA) is 26.3 Å². The summed E-state index contributed by atoms with van der Waals surface area (Å²) < 4.78 is 4.90. The third-order valence-electron chi connectivity index (χ3n) is 3.00. The number of rotatable bonds is 7. The van der Waals surface area contributed by atoms with Gasteiger partial charge in [-0.15, -0.1) is 0 Å². The van der Waals surface area contributed by atoms with Crippen molar-refractivity contribution in [2.75, 3.05) is 6.61 Å². The fourth-order valence-corrected chi connectivity index (χ4v) is 1.55. The van der Waals surface area contributed by atoms with E-state index in [0.29, 0.717) is 12.5 Å². The largest absolute Gasteiger partial charge is 0.463 e. The molecular weight excluding hydrogens is 236 g/mol. The predicted octanol–water partition coefficient (Wildman–Crippen LogP) is 4.82. The van der Waals surface area contributed by atoms with Gasteiger partial charge in [-0.05, 0) is 59.0 Å². The number of allylic oxidation sites excluding steroid dienone is 5. The van der Waals surface area contributed by atoms with Crippen LogP contribution in [0.15, 0.2) is 34.9 Å². The van der Waals surface area contributed by atoms with Gasteiger partial charge in [-0.25, -0.2) is 4.79 Å². The Morgan fingerprint density at radius 1 is 1.05 bits per heavy atom. The molecule has 0 aliphatic heterocycles. The molecule has 0 aromatic carbocycles. The maximum atomic E-state index is 11.3. The van der Waals surface area contributed by atoms with Gasteiger partial charge in [0.2, 0.25) is 0 Å². The summed E-state index contributed by atoms with van der Waals surface area (Å²) in [5.41, 5.74) is 3.50. The van der Waals surface area contributed by atoms with Crippen molar-refractivity contribution in [3.8, 4) is 0 Å². The second kappa shape index (κ2) is 9.60. The second-order valence-corrected chi connectivity index (χ2v) is 5.32. The Balaban J connectivity index is 4.39. The Kier molecular flexibility index (Phi) is 8.94. The van der Waals surface area contributed by atoms with Crippen molar-refractivity contribution >= 4 is 5.97 Å². The van der Waals surface area contributed by atoms with Crippen molar-refractivity contribution in [2.24, 2.45) is 5.92 Å². The van der Waals surface area contributed by atoms with E-state index in [2.05, 4.69) is 32.9 Å². The first-order valence-electron chi connectivity index (χ1n) is 7.02. The van der Waals surface area contributed by atoms with Crippen molar-refractivity contribution in [3.63, 3.8) is 0 Å². The summed E-state index contributed by atoms with van der Waals surface area (Å²) >= 11 is 0. The molecule has 0 saturated carbocycles. The Morgan fingerprint density at radius 2 is 1.63 bits per heavy atom. The predicted molar refractivity (Wildman–Crippen MR) is 82.0 cm³/mol. The highest BCUT2D eigenvalue weighted by Gasteiger charge is 2.02. The van der Waals surface area contributed by atoms with Crippen molar-refractivity contribution < 1.29 is 9.53 Å². The molecule has 0 aliphatic carbocycles. The van der Waals surface area contributed by atoms with Crippen LogP contribution in [0.25, 0.3) is 0 Å². The van der Waals surface area contributed by atoms with Crippen LogP contribution in [-0.4, -0.2) is 12.6 Å². The molecule has 0 bridgehead atoms. The van der Waals surface area contributed by atoms with E-state index in [1.807, 2.05) is 20.8 Å². The van der Waals surface area contributed by atoms with Crippen LogP contribution in [0.5, 0.6) is 0 Å². The van der Waals surface area contributed by atoms with Gasteiger partial charge < -0.3 is 4.74 Å². The molecule has 0 amide bonds. The molecule has 2 nitrogen and oxygen atoms in total. The van der Waals surface area contributed by atoms with E-state index in [1.165, 1.54) is 5.57 Å². The van der Waals surface area contributed by atoms with Crippen LogP contribution in [0, 0.1) is 5.92 Å². The summed E-state index contributed by atoms with van der Waals surface area (Å²) in [4.78, 5) is 11.3. The number of ether oxygens (including phenoxy) is 1. The van der Waals surface area contributed by atoms with Crippen LogP contribution in [0.4, 0.5) is 0 Å². The minimum Gasteiger partial charge on any atom is -0.463 e. The zero-order chi connectivity index (χ0) is 14.8. The molecular formula is C17H28O2. The molecule has 0 spiro atoms.